The number of carbonyl (C=O) groups is 2. The Hall–Kier alpha value is -2.63. The molecule has 0 spiro atoms. The van der Waals surface area contributed by atoms with Crippen molar-refractivity contribution in [2.24, 2.45) is 0 Å². The Labute approximate surface area is 109 Å². The van der Waals surface area contributed by atoms with Gasteiger partial charge in [-0.3, -0.25) is 9.59 Å². The zero-order valence-electron chi connectivity index (χ0n) is 10.2. The fourth-order valence-corrected chi connectivity index (χ4v) is 1.56. The summed E-state index contributed by atoms with van der Waals surface area (Å²) in [6, 6.07) is 6.90. The smallest absolute Gasteiger partial charge is 0.312 e. The summed E-state index contributed by atoms with van der Waals surface area (Å²) in [4.78, 5) is 25.8. The number of amides is 1. The molecule has 6 heteroatoms. The maximum atomic E-state index is 11.3. The lowest BCUT2D eigenvalue weighted by Crippen LogP contribution is -2.15. The van der Waals surface area contributed by atoms with E-state index in [-0.39, 0.29) is 0 Å². The molecule has 0 aliphatic heterocycles. The Morgan fingerprint density at radius 2 is 2.00 bits per heavy atom. The van der Waals surface area contributed by atoms with Gasteiger partial charge < -0.3 is 14.8 Å². The van der Waals surface area contributed by atoms with Crippen LogP contribution in [0.25, 0.3) is 11.3 Å². The summed E-state index contributed by atoms with van der Waals surface area (Å²) < 4.78 is 5.11. The lowest BCUT2D eigenvalue weighted by atomic mass is 10.1. The first-order valence-corrected chi connectivity index (χ1v) is 5.59. The van der Waals surface area contributed by atoms with Crippen LogP contribution in [0.4, 0.5) is 5.69 Å². The summed E-state index contributed by atoms with van der Waals surface area (Å²) in [5, 5.41) is 11.0. The second kappa shape index (κ2) is 5.34. The fraction of sp³-hybridized carbons (Fsp3) is 0.154. The molecule has 98 valence electrons. The molecule has 0 saturated heterocycles. The highest BCUT2D eigenvalue weighted by Crippen LogP contribution is 2.20. The number of hydrogen-bond donors (Lipinski definition) is 2. The number of nitrogens with zero attached hydrogens (tertiary/aromatic N) is 1. The van der Waals surface area contributed by atoms with E-state index in [1.165, 1.54) is 0 Å². The van der Waals surface area contributed by atoms with Gasteiger partial charge in [0.1, 0.15) is 18.4 Å². The largest absolute Gasteiger partial charge is 0.481 e. The second-order valence-electron chi connectivity index (χ2n) is 3.95. The van der Waals surface area contributed by atoms with Crippen LogP contribution in [0.15, 0.2) is 34.9 Å². The van der Waals surface area contributed by atoms with Gasteiger partial charge in [0.15, 0.2) is 5.89 Å². The molecule has 2 N–H and O–H groups in total. The van der Waals surface area contributed by atoms with Crippen LogP contribution in [0.3, 0.4) is 0 Å². The van der Waals surface area contributed by atoms with Crippen LogP contribution in [-0.4, -0.2) is 22.0 Å². The minimum absolute atomic E-state index is 0.537. The van der Waals surface area contributed by atoms with Gasteiger partial charge in [-0.25, -0.2) is 4.98 Å². The van der Waals surface area contributed by atoms with Gasteiger partial charge in [0.25, 0.3) is 0 Å². The van der Waals surface area contributed by atoms with Crippen molar-refractivity contribution in [3.05, 3.63) is 36.4 Å². The summed E-state index contributed by atoms with van der Waals surface area (Å²) in [7, 11) is 0. The lowest BCUT2D eigenvalue weighted by Gasteiger charge is -2.04. The number of oxazole rings is 1. The number of benzene rings is 1. The number of nitrogens with one attached hydrogen (secondary N) is 1. The van der Waals surface area contributed by atoms with Crippen LogP contribution in [0.2, 0.25) is 0 Å². The highest BCUT2D eigenvalue weighted by molar-refractivity contribution is 6.01. The number of rotatable bonds is 4. The predicted octanol–water partition coefficient (Wildman–Crippen LogP) is 2.06. The normalized spacial score (nSPS) is 10.2. The molecule has 1 heterocycles. The van der Waals surface area contributed by atoms with Gasteiger partial charge in [0, 0.05) is 18.2 Å². The van der Waals surface area contributed by atoms with E-state index in [1.54, 1.807) is 37.5 Å². The number of aromatic nitrogens is 1. The Kier molecular flexibility index (Phi) is 3.61. The van der Waals surface area contributed by atoms with E-state index >= 15 is 0 Å². The van der Waals surface area contributed by atoms with Gasteiger partial charge in [-0.15, -0.1) is 0 Å². The highest BCUT2D eigenvalue weighted by atomic mass is 16.4. The van der Waals surface area contributed by atoms with Crippen molar-refractivity contribution in [1.29, 1.82) is 0 Å². The van der Waals surface area contributed by atoms with Gasteiger partial charge in [0.2, 0.25) is 5.91 Å². The first-order chi connectivity index (χ1) is 9.04. The van der Waals surface area contributed by atoms with Crippen molar-refractivity contribution in [3.63, 3.8) is 0 Å². The Morgan fingerprint density at radius 1 is 1.32 bits per heavy atom. The zero-order chi connectivity index (χ0) is 13.8. The van der Waals surface area contributed by atoms with Crippen molar-refractivity contribution in [1.82, 2.24) is 4.98 Å². The molecule has 0 aliphatic carbocycles. The zero-order valence-corrected chi connectivity index (χ0v) is 10.2. The fourth-order valence-electron chi connectivity index (χ4n) is 1.56. The molecular weight excluding hydrogens is 248 g/mol. The van der Waals surface area contributed by atoms with E-state index in [0.717, 1.165) is 5.56 Å². The van der Waals surface area contributed by atoms with Crippen LogP contribution >= 0.6 is 0 Å². The monoisotopic (exact) mass is 260 g/mol. The molecule has 1 amide bonds. The SMILES string of the molecule is Cc1nc(-c2ccc(NC(=O)CC(=O)O)cc2)co1. The average molecular weight is 260 g/mol. The summed E-state index contributed by atoms with van der Waals surface area (Å²) >= 11 is 0. The van der Waals surface area contributed by atoms with Crippen molar-refractivity contribution >= 4 is 17.6 Å². The minimum atomic E-state index is -1.16. The number of anilines is 1. The van der Waals surface area contributed by atoms with Crippen molar-refractivity contribution in [2.45, 2.75) is 13.3 Å². The summed E-state index contributed by atoms with van der Waals surface area (Å²) in [5.41, 5.74) is 2.10. The first kappa shape index (κ1) is 12.8. The molecular formula is C13H12N2O4. The number of aryl methyl sites for hydroxylation is 1. The molecule has 2 rings (SSSR count). The molecule has 0 saturated carbocycles. The van der Waals surface area contributed by atoms with E-state index < -0.39 is 18.3 Å². The van der Waals surface area contributed by atoms with E-state index in [0.29, 0.717) is 17.3 Å². The number of carbonyl (C=O) groups excluding carboxylic acids is 1. The third-order valence-corrected chi connectivity index (χ3v) is 2.40. The van der Waals surface area contributed by atoms with Gasteiger partial charge in [0.05, 0.1) is 0 Å². The topological polar surface area (TPSA) is 92.4 Å². The molecule has 0 aliphatic rings. The molecule has 0 unspecified atom stereocenters. The van der Waals surface area contributed by atoms with Crippen LogP contribution in [0.5, 0.6) is 0 Å². The van der Waals surface area contributed by atoms with Gasteiger partial charge in [-0.2, -0.15) is 0 Å². The van der Waals surface area contributed by atoms with Gasteiger partial charge in [-0.05, 0) is 12.1 Å². The molecule has 0 bridgehead atoms. The van der Waals surface area contributed by atoms with Crippen molar-refractivity contribution in [2.75, 3.05) is 5.32 Å². The van der Waals surface area contributed by atoms with E-state index in [1.807, 2.05) is 0 Å². The molecule has 0 radical (unpaired) electrons. The van der Waals surface area contributed by atoms with Crippen LogP contribution < -0.4 is 5.32 Å². The Balaban J connectivity index is 2.06. The predicted molar refractivity (Wildman–Crippen MR) is 67.6 cm³/mol. The molecule has 1 aromatic heterocycles. The van der Waals surface area contributed by atoms with E-state index in [9.17, 15) is 9.59 Å². The van der Waals surface area contributed by atoms with Crippen molar-refractivity contribution < 1.29 is 19.1 Å². The molecule has 0 atom stereocenters. The minimum Gasteiger partial charge on any atom is -0.481 e. The molecule has 19 heavy (non-hydrogen) atoms. The number of aliphatic carboxylic acids is 1. The summed E-state index contributed by atoms with van der Waals surface area (Å²) in [6.45, 7) is 1.75. The number of carboxylic acids is 1. The van der Waals surface area contributed by atoms with E-state index in [2.05, 4.69) is 10.3 Å². The molecule has 1 aromatic carbocycles. The first-order valence-electron chi connectivity index (χ1n) is 5.59. The lowest BCUT2D eigenvalue weighted by molar-refractivity contribution is -0.139. The van der Waals surface area contributed by atoms with E-state index in [4.69, 9.17) is 9.52 Å². The van der Waals surface area contributed by atoms with Gasteiger partial charge in [-0.1, -0.05) is 12.1 Å². The van der Waals surface area contributed by atoms with Crippen LogP contribution in [-0.2, 0) is 9.59 Å². The third-order valence-electron chi connectivity index (χ3n) is 2.40. The second-order valence-corrected chi connectivity index (χ2v) is 3.95. The third kappa shape index (κ3) is 3.41. The summed E-state index contributed by atoms with van der Waals surface area (Å²) in [5.74, 6) is -1.14. The maximum Gasteiger partial charge on any atom is 0.312 e. The standard InChI is InChI=1S/C13H12N2O4/c1-8-14-11(7-19-8)9-2-4-10(5-3-9)15-12(16)6-13(17)18/h2-5,7H,6H2,1H3,(H,15,16)(H,17,18). The molecule has 2 aromatic rings. The van der Waals surface area contributed by atoms with Crippen molar-refractivity contribution in [3.8, 4) is 11.3 Å². The quantitative estimate of drug-likeness (QED) is 0.821. The van der Waals surface area contributed by atoms with Gasteiger partial charge >= 0.3 is 5.97 Å². The summed E-state index contributed by atoms with van der Waals surface area (Å²) in [6.07, 6.45) is 0.998. The van der Waals surface area contributed by atoms with Crippen LogP contribution in [0.1, 0.15) is 12.3 Å². The maximum absolute atomic E-state index is 11.3. The molecule has 6 nitrogen and oxygen atoms in total. The number of carboxylic acid groups (broad SMARTS) is 1. The highest BCUT2D eigenvalue weighted by Gasteiger charge is 2.08. The average Bonchev–Trinajstić information content (AvgIpc) is 2.75. The number of hydrogen-bond acceptors (Lipinski definition) is 4. The molecule has 0 fully saturated rings. The Morgan fingerprint density at radius 3 is 2.53 bits per heavy atom. The Bertz CT molecular complexity index is 601. The van der Waals surface area contributed by atoms with Crippen LogP contribution in [0, 0.1) is 6.92 Å².